The van der Waals surface area contributed by atoms with Gasteiger partial charge in [-0.1, -0.05) is 0 Å². The van der Waals surface area contributed by atoms with Crippen molar-refractivity contribution in [2.75, 3.05) is 26.2 Å². The molecule has 0 aliphatic rings. The SMILES string of the molecule is COc1cc(OC)nc(C(SC)c2cc(F)cc(F)c2N)n1. The first kappa shape index (κ1) is 16.3. The third kappa shape index (κ3) is 3.22. The molecule has 1 heterocycles. The molecule has 0 saturated carbocycles. The van der Waals surface area contributed by atoms with E-state index in [1.54, 1.807) is 6.26 Å². The molecule has 1 aromatic heterocycles. The predicted molar refractivity (Wildman–Crippen MR) is 81.3 cm³/mol. The first-order valence-electron chi connectivity index (χ1n) is 6.24. The lowest BCUT2D eigenvalue weighted by Gasteiger charge is -2.17. The van der Waals surface area contributed by atoms with Crippen molar-refractivity contribution < 1.29 is 18.3 Å². The Morgan fingerprint density at radius 2 is 1.68 bits per heavy atom. The van der Waals surface area contributed by atoms with Crippen LogP contribution in [0.25, 0.3) is 0 Å². The summed E-state index contributed by atoms with van der Waals surface area (Å²) in [7, 11) is 2.91. The summed E-state index contributed by atoms with van der Waals surface area (Å²) in [6.07, 6.45) is 1.77. The number of hydrogen-bond donors (Lipinski definition) is 1. The number of aromatic nitrogens is 2. The van der Waals surface area contributed by atoms with Crippen LogP contribution in [0.2, 0.25) is 0 Å². The number of anilines is 1. The molecule has 2 aromatic rings. The van der Waals surface area contributed by atoms with Gasteiger partial charge in [-0.2, -0.15) is 9.97 Å². The molecule has 1 unspecified atom stereocenters. The van der Waals surface area contributed by atoms with E-state index in [4.69, 9.17) is 15.2 Å². The number of rotatable bonds is 5. The van der Waals surface area contributed by atoms with Crippen molar-refractivity contribution in [2.45, 2.75) is 5.25 Å². The fourth-order valence-electron chi connectivity index (χ4n) is 1.94. The first-order chi connectivity index (χ1) is 10.5. The quantitative estimate of drug-likeness (QED) is 0.852. The molecule has 118 valence electrons. The lowest BCUT2D eigenvalue weighted by Crippen LogP contribution is -2.09. The lowest BCUT2D eigenvalue weighted by molar-refractivity contribution is 0.368. The number of methoxy groups -OCH3 is 2. The van der Waals surface area contributed by atoms with Gasteiger partial charge in [-0.15, -0.1) is 11.8 Å². The fourth-order valence-corrected chi connectivity index (χ4v) is 2.71. The van der Waals surface area contributed by atoms with Crippen molar-refractivity contribution in [1.29, 1.82) is 0 Å². The van der Waals surface area contributed by atoms with Crippen molar-refractivity contribution in [3.63, 3.8) is 0 Å². The zero-order valence-corrected chi connectivity index (χ0v) is 13.1. The molecule has 0 aliphatic heterocycles. The fraction of sp³-hybridized carbons (Fsp3) is 0.286. The minimum Gasteiger partial charge on any atom is -0.481 e. The molecule has 5 nitrogen and oxygen atoms in total. The van der Waals surface area contributed by atoms with Gasteiger partial charge in [0.25, 0.3) is 0 Å². The molecule has 1 aromatic carbocycles. The summed E-state index contributed by atoms with van der Waals surface area (Å²) in [6, 6.07) is 3.43. The van der Waals surface area contributed by atoms with E-state index in [2.05, 4.69) is 9.97 Å². The van der Waals surface area contributed by atoms with Gasteiger partial charge in [0, 0.05) is 11.6 Å². The molecule has 2 N–H and O–H groups in total. The van der Waals surface area contributed by atoms with Crippen molar-refractivity contribution in [2.24, 2.45) is 0 Å². The van der Waals surface area contributed by atoms with E-state index in [0.29, 0.717) is 5.82 Å². The van der Waals surface area contributed by atoms with Crippen LogP contribution in [0.3, 0.4) is 0 Å². The predicted octanol–water partition coefficient (Wildman–Crippen LogP) is 2.81. The molecule has 22 heavy (non-hydrogen) atoms. The molecule has 0 aliphatic carbocycles. The van der Waals surface area contributed by atoms with Crippen LogP contribution in [0, 0.1) is 11.6 Å². The summed E-state index contributed by atoms with van der Waals surface area (Å²) < 4.78 is 37.4. The number of thioether (sulfide) groups is 1. The van der Waals surface area contributed by atoms with E-state index >= 15 is 0 Å². The van der Waals surface area contributed by atoms with E-state index in [0.717, 1.165) is 6.07 Å². The summed E-state index contributed by atoms with van der Waals surface area (Å²) in [5.74, 6) is -0.660. The summed E-state index contributed by atoms with van der Waals surface area (Å²) in [6.45, 7) is 0. The van der Waals surface area contributed by atoms with Crippen molar-refractivity contribution >= 4 is 17.4 Å². The van der Waals surface area contributed by atoms with Crippen LogP contribution in [-0.4, -0.2) is 30.4 Å². The van der Waals surface area contributed by atoms with Gasteiger partial charge in [0.15, 0.2) is 5.82 Å². The van der Waals surface area contributed by atoms with Gasteiger partial charge in [0.2, 0.25) is 11.8 Å². The molecule has 0 spiro atoms. The molecule has 2 rings (SSSR count). The number of nitrogens with zero attached hydrogens (tertiary/aromatic N) is 2. The van der Waals surface area contributed by atoms with Gasteiger partial charge in [-0.25, -0.2) is 8.78 Å². The number of nitrogen functional groups attached to an aromatic ring is 1. The van der Waals surface area contributed by atoms with Crippen molar-refractivity contribution in [1.82, 2.24) is 9.97 Å². The Hall–Kier alpha value is -2.09. The minimum absolute atomic E-state index is 0.133. The third-order valence-corrected chi connectivity index (χ3v) is 3.93. The summed E-state index contributed by atoms with van der Waals surface area (Å²) >= 11 is 1.30. The Balaban J connectivity index is 2.57. The van der Waals surface area contributed by atoms with E-state index < -0.39 is 16.9 Å². The maximum absolute atomic E-state index is 13.7. The molecule has 8 heteroatoms. The molecule has 0 saturated heterocycles. The highest BCUT2D eigenvalue weighted by atomic mass is 32.2. The number of nitrogens with two attached hydrogens (primary N) is 1. The van der Waals surface area contributed by atoms with Crippen LogP contribution >= 0.6 is 11.8 Å². The van der Waals surface area contributed by atoms with E-state index in [9.17, 15) is 8.78 Å². The number of ether oxygens (including phenoxy) is 2. The van der Waals surface area contributed by atoms with Gasteiger partial charge < -0.3 is 15.2 Å². The van der Waals surface area contributed by atoms with Crippen LogP contribution in [0.1, 0.15) is 16.6 Å². The zero-order valence-electron chi connectivity index (χ0n) is 12.3. The minimum atomic E-state index is -0.816. The third-order valence-electron chi connectivity index (χ3n) is 2.99. The topological polar surface area (TPSA) is 70.3 Å². The smallest absolute Gasteiger partial charge is 0.220 e. The van der Waals surface area contributed by atoms with Gasteiger partial charge in [-0.3, -0.25) is 0 Å². The van der Waals surface area contributed by atoms with Gasteiger partial charge >= 0.3 is 0 Å². The average Bonchev–Trinajstić information content (AvgIpc) is 2.52. The Morgan fingerprint density at radius 1 is 1.09 bits per heavy atom. The highest BCUT2D eigenvalue weighted by Crippen LogP contribution is 2.37. The molecular formula is C14H15F2N3O2S. The van der Waals surface area contributed by atoms with Gasteiger partial charge in [0.1, 0.15) is 11.6 Å². The van der Waals surface area contributed by atoms with E-state index in [1.807, 2.05) is 0 Å². The largest absolute Gasteiger partial charge is 0.481 e. The van der Waals surface area contributed by atoms with Crippen LogP contribution in [-0.2, 0) is 0 Å². The summed E-state index contributed by atoms with van der Waals surface area (Å²) in [5.41, 5.74) is 5.86. The van der Waals surface area contributed by atoms with Gasteiger partial charge in [-0.05, 0) is 12.3 Å². The Labute approximate surface area is 130 Å². The Kier molecular flexibility index (Phi) is 5.02. The Morgan fingerprint density at radius 3 is 2.18 bits per heavy atom. The van der Waals surface area contributed by atoms with Crippen LogP contribution in [0.15, 0.2) is 18.2 Å². The van der Waals surface area contributed by atoms with Gasteiger partial charge in [0.05, 0.1) is 31.2 Å². The van der Waals surface area contributed by atoms with Crippen LogP contribution < -0.4 is 15.2 Å². The van der Waals surface area contributed by atoms with E-state index in [1.165, 1.54) is 38.1 Å². The molecular weight excluding hydrogens is 312 g/mol. The molecule has 0 amide bonds. The number of hydrogen-bond acceptors (Lipinski definition) is 6. The summed E-state index contributed by atoms with van der Waals surface area (Å²) in [5, 5.41) is -0.561. The van der Waals surface area contributed by atoms with E-state index in [-0.39, 0.29) is 23.0 Å². The molecule has 0 bridgehead atoms. The normalized spacial score (nSPS) is 12.0. The second kappa shape index (κ2) is 6.78. The second-order valence-corrected chi connectivity index (χ2v) is 5.26. The second-order valence-electron chi connectivity index (χ2n) is 4.32. The van der Waals surface area contributed by atoms with Crippen molar-refractivity contribution in [3.05, 3.63) is 41.2 Å². The first-order valence-corrected chi connectivity index (χ1v) is 7.53. The van der Waals surface area contributed by atoms with Crippen molar-refractivity contribution in [3.8, 4) is 11.8 Å². The molecule has 1 atom stereocenters. The zero-order chi connectivity index (χ0) is 16.3. The highest BCUT2D eigenvalue weighted by Gasteiger charge is 2.23. The molecule has 0 radical (unpaired) electrons. The van der Waals surface area contributed by atoms with Crippen LogP contribution in [0.4, 0.5) is 14.5 Å². The highest BCUT2D eigenvalue weighted by molar-refractivity contribution is 7.99. The monoisotopic (exact) mass is 327 g/mol. The van der Waals surface area contributed by atoms with Crippen LogP contribution in [0.5, 0.6) is 11.8 Å². The standard InChI is InChI=1S/C14H15F2N3O2S/c1-20-10-6-11(21-2)19-14(18-10)13(22-3)8-4-7(15)5-9(16)12(8)17/h4-6,13H,17H2,1-3H3. The lowest BCUT2D eigenvalue weighted by atomic mass is 10.1. The maximum Gasteiger partial charge on any atom is 0.220 e. The Bertz CT molecular complexity index is 663. The number of halogens is 2. The summed E-state index contributed by atoms with van der Waals surface area (Å²) in [4.78, 5) is 8.43. The number of benzene rings is 1. The average molecular weight is 327 g/mol. The maximum atomic E-state index is 13.7. The molecule has 0 fully saturated rings.